The van der Waals surface area contributed by atoms with Crippen LogP contribution in [0.25, 0.3) is 0 Å². The minimum absolute atomic E-state index is 0.174. The van der Waals surface area contributed by atoms with Gasteiger partial charge in [-0.3, -0.25) is 4.79 Å². The minimum atomic E-state index is -0.761. The van der Waals surface area contributed by atoms with Crippen molar-refractivity contribution in [2.75, 3.05) is 5.43 Å². The Morgan fingerprint density at radius 2 is 1.60 bits per heavy atom. The van der Waals surface area contributed by atoms with E-state index >= 15 is 0 Å². The number of rotatable bonds is 7. The lowest BCUT2D eigenvalue weighted by Crippen LogP contribution is -2.20. The van der Waals surface area contributed by atoms with Gasteiger partial charge >= 0.3 is 5.97 Å². The molecule has 0 spiro atoms. The number of anilines is 1. The molecule has 3 N–H and O–H groups in total. The molecule has 2 aromatic carbocycles. The number of hydrazine groups is 1. The summed E-state index contributed by atoms with van der Waals surface area (Å²) < 4.78 is 0. The molecule has 2 rings (SSSR count). The van der Waals surface area contributed by atoms with Gasteiger partial charge in [-0.15, -0.1) is 0 Å². The number of carboxylic acid groups (broad SMARTS) is 1. The molecule has 0 unspecified atom stereocenters. The van der Waals surface area contributed by atoms with Crippen LogP contribution in [0.15, 0.2) is 54.6 Å². The van der Waals surface area contributed by atoms with Gasteiger partial charge in [0, 0.05) is 18.7 Å². The van der Waals surface area contributed by atoms with Crippen LogP contribution in [-0.4, -0.2) is 11.1 Å². The van der Waals surface area contributed by atoms with Gasteiger partial charge < -0.3 is 10.5 Å². The first-order valence-corrected chi connectivity index (χ1v) is 6.57. The molecule has 0 saturated heterocycles. The fraction of sp³-hybridized carbons (Fsp3) is 0.188. The average Bonchev–Trinajstić information content (AvgIpc) is 2.47. The zero-order valence-electron chi connectivity index (χ0n) is 11.2. The number of carboxylic acids is 1. The number of para-hydroxylation sites is 1. The quantitative estimate of drug-likeness (QED) is 0.677. The summed E-state index contributed by atoms with van der Waals surface area (Å²) in [5, 5.41) is 8.64. The smallest absolute Gasteiger partial charge is 0.303 e. The van der Waals surface area contributed by atoms with Gasteiger partial charge in [0.2, 0.25) is 0 Å². The number of nitrogens with one attached hydrogen (secondary N) is 2. The Kier molecular flexibility index (Phi) is 5.15. The van der Waals surface area contributed by atoms with E-state index in [2.05, 4.69) is 10.9 Å². The molecule has 0 aromatic heterocycles. The number of aliphatic carboxylic acids is 1. The van der Waals surface area contributed by atoms with Crippen LogP contribution in [-0.2, 0) is 17.8 Å². The molecule has 0 aliphatic carbocycles. The fourth-order valence-corrected chi connectivity index (χ4v) is 1.84. The van der Waals surface area contributed by atoms with Crippen molar-refractivity contribution in [2.24, 2.45) is 0 Å². The lowest BCUT2D eigenvalue weighted by molar-refractivity contribution is -0.136. The fourth-order valence-electron chi connectivity index (χ4n) is 1.84. The first kappa shape index (κ1) is 14.1. The van der Waals surface area contributed by atoms with Gasteiger partial charge in [0.1, 0.15) is 0 Å². The van der Waals surface area contributed by atoms with E-state index in [0.717, 1.165) is 16.8 Å². The van der Waals surface area contributed by atoms with Crippen LogP contribution < -0.4 is 10.9 Å². The summed E-state index contributed by atoms with van der Waals surface area (Å²) in [5.74, 6) is -0.761. The Morgan fingerprint density at radius 3 is 2.25 bits per heavy atom. The molecule has 20 heavy (non-hydrogen) atoms. The molecule has 0 saturated carbocycles. The van der Waals surface area contributed by atoms with Gasteiger partial charge in [0.25, 0.3) is 0 Å². The van der Waals surface area contributed by atoms with Crippen molar-refractivity contribution in [1.29, 1.82) is 0 Å². The number of hydrogen-bond donors (Lipinski definition) is 3. The molecule has 0 radical (unpaired) electrons. The van der Waals surface area contributed by atoms with Gasteiger partial charge in [0.15, 0.2) is 0 Å². The van der Waals surface area contributed by atoms with Crippen LogP contribution in [0.2, 0.25) is 0 Å². The Bertz CT molecular complexity index is 538. The summed E-state index contributed by atoms with van der Waals surface area (Å²) in [6, 6.07) is 17.9. The van der Waals surface area contributed by atoms with E-state index in [1.54, 1.807) is 0 Å². The molecule has 0 atom stereocenters. The van der Waals surface area contributed by atoms with Crippen molar-refractivity contribution in [3.05, 3.63) is 65.7 Å². The van der Waals surface area contributed by atoms with Crippen LogP contribution >= 0.6 is 0 Å². The molecule has 4 heteroatoms. The maximum Gasteiger partial charge on any atom is 0.303 e. The highest BCUT2D eigenvalue weighted by Crippen LogP contribution is 2.07. The molecule has 0 bridgehead atoms. The number of carbonyl (C=O) groups is 1. The van der Waals surface area contributed by atoms with Crippen LogP contribution in [0.3, 0.4) is 0 Å². The number of benzene rings is 2. The van der Waals surface area contributed by atoms with E-state index < -0.39 is 5.97 Å². The summed E-state index contributed by atoms with van der Waals surface area (Å²) in [6.45, 7) is 0.702. The zero-order chi connectivity index (χ0) is 14.2. The number of hydrogen-bond acceptors (Lipinski definition) is 3. The standard InChI is InChI=1S/C16H18N2O2/c19-16(20)11-10-13-6-8-14(9-7-13)12-17-18-15-4-2-1-3-5-15/h1-9,17-18H,10-12H2,(H,19,20). The highest BCUT2D eigenvalue weighted by Gasteiger charge is 1.99. The molecule has 0 aliphatic rings. The van der Waals surface area contributed by atoms with Crippen LogP contribution in [0.4, 0.5) is 5.69 Å². The van der Waals surface area contributed by atoms with Crippen molar-refractivity contribution in [2.45, 2.75) is 19.4 Å². The molecule has 0 aliphatic heterocycles. The lowest BCUT2D eigenvalue weighted by atomic mass is 10.1. The molecular weight excluding hydrogens is 252 g/mol. The Labute approximate surface area is 118 Å². The topological polar surface area (TPSA) is 61.4 Å². The first-order valence-electron chi connectivity index (χ1n) is 6.57. The van der Waals surface area contributed by atoms with Crippen molar-refractivity contribution in [1.82, 2.24) is 5.43 Å². The van der Waals surface area contributed by atoms with Crippen molar-refractivity contribution < 1.29 is 9.90 Å². The monoisotopic (exact) mass is 270 g/mol. The van der Waals surface area contributed by atoms with Crippen molar-refractivity contribution in [3.8, 4) is 0 Å². The van der Waals surface area contributed by atoms with Gasteiger partial charge in [-0.05, 0) is 29.7 Å². The van der Waals surface area contributed by atoms with E-state index in [1.807, 2.05) is 54.6 Å². The Balaban J connectivity index is 1.77. The molecule has 0 amide bonds. The first-order chi connectivity index (χ1) is 9.74. The average molecular weight is 270 g/mol. The minimum Gasteiger partial charge on any atom is -0.481 e. The van der Waals surface area contributed by atoms with Gasteiger partial charge in [-0.25, -0.2) is 5.43 Å². The second-order valence-corrected chi connectivity index (χ2v) is 4.55. The second kappa shape index (κ2) is 7.31. The SMILES string of the molecule is O=C(O)CCc1ccc(CNNc2ccccc2)cc1. The maximum atomic E-state index is 10.5. The summed E-state index contributed by atoms with van der Waals surface area (Å²) >= 11 is 0. The van der Waals surface area contributed by atoms with E-state index in [0.29, 0.717) is 13.0 Å². The predicted octanol–water partition coefficient (Wildman–Crippen LogP) is 2.82. The Hall–Kier alpha value is -2.33. The van der Waals surface area contributed by atoms with E-state index in [9.17, 15) is 4.79 Å². The second-order valence-electron chi connectivity index (χ2n) is 4.55. The van der Waals surface area contributed by atoms with Crippen LogP contribution in [0, 0.1) is 0 Å². The molecule has 4 nitrogen and oxygen atoms in total. The highest BCUT2D eigenvalue weighted by molar-refractivity contribution is 5.67. The van der Waals surface area contributed by atoms with Gasteiger partial charge in [-0.2, -0.15) is 0 Å². The van der Waals surface area contributed by atoms with Crippen LogP contribution in [0.1, 0.15) is 17.5 Å². The third-order valence-corrected chi connectivity index (χ3v) is 2.95. The molecule has 2 aromatic rings. The molecular formula is C16H18N2O2. The zero-order valence-corrected chi connectivity index (χ0v) is 11.2. The normalized spacial score (nSPS) is 10.2. The van der Waals surface area contributed by atoms with Crippen molar-refractivity contribution >= 4 is 11.7 Å². The van der Waals surface area contributed by atoms with Crippen LogP contribution in [0.5, 0.6) is 0 Å². The molecule has 0 heterocycles. The Morgan fingerprint density at radius 1 is 0.950 bits per heavy atom. The van der Waals surface area contributed by atoms with Crippen molar-refractivity contribution in [3.63, 3.8) is 0 Å². The van der Waals surface area contributed by atoms with E-state index in [1.165, 1.54) is 0 Å². The summed E-state index contributed by atoms with van der Waals surface area (Å²) in [4.78, 5) is 10.5. The maximum absolute atomic E-state index is 10.5. The summed E-state index contributed by atoms with van der Waals surface area (Å²) in [5.41, 5.74) is 9.48. The summed E-state index contributed by atoms with van der Waals surface area (Å²) in [7, 11) is 0. The lowest BCUT2D eigenvalue weighted by Gasteiger charge is -2.08. The number of aryl methyl sites for hydroxylation is 1. The van der Waals surface area contributed by atoms with E-state index in [-0.39, 0.29) is 6.42 Å². The van der Waals surface area contributed by atoms with Gasteiger partial charge in [0.05, 0.1) is 0 Å². The summed E-state index contributed by atoms with van der Waals surface area (Å²) in [6.07, 6.45) is 0.748. The third kappa shape index (κ3) is 4.74. The van der Waals surface area contributed by atoms with E-state index in [4.69, 9.17) is 5.11 Å². The highest BCUT2D eigenvalue weighted by atomic mass is 16.4. The van der Waals surface area contributed by atoms with Gasteiger partial charge in [-0.1, -0.05) is 42.5 Å². The predicted molar refractivity (Wildman–Crippen MR) is 79.3 cm³/mol. The largest absolute Gasteiger partial charge is 0.481 e. The molecule has 0 fully saturated rings. The molecule has 104 valence electrons. The third-order valence-electron chi connectivity index (χ3n) is 2.95.